The van der Waals surface area contributed by atoms with Gasteiger partial charge in [0.15, 0.2) is 0 Å². The van der Waals surface area contributed by atoms with E-state index in [1.165, 1.54) is 11.0 Å². The van der Waals surface area contributed by atoms with Crippen molar-refractivity contribution in [1.29, 1.82) is 0 Å². The maximum atomic E-state index is 4.42. The lowest BCUT2D eigenvalue weighted by Crippen LogP contribution is -2.25. The van der Waals surface area contributed by atoms with Crippen molar-refractivity contribution >= 4 is 11.9 Å². The van der Waals surface area contributed by atoms with Crippen molar-refractivity contribution in [2.45, 2.75) is 20.8 Å². The highest BCUT2D eigenvalue weighted by Crippen LogP contribution is 2.12. The first kappa shape index (κ1) is 13.2. The topological polar surface area (TPSA) is 84.7 Å². The van der Waals surface area contributed by atoms with Gasteiger partial charge in [-0.15, -0.1) is 0 Å². The SMILES string of the molecule is CCNc1nc(N(CC)CC)nc(-n2cncn2)n1. The van der Waals surface area contributed by atoms with E-state index in [1.54, 1.807) is 6.33 Å². The molecule has 0 radical (unpaired) electrons. The van der Waals surface area contributed by atoms with Gasteiger partial charge in [-0.2, -0.15) is 24.7 Å². The molecule has 8 heteroatoms. The van der Waals surface area contributed by atoms with E-state index in [0.717, 1.165) is 19.6 Å². The zero-order valence-electron chi connectivity index (χ0n) is 11.4. The molecule has 19 heavy (non-hydrogen) atoms. The average Bonchev–Trinajstić information content (AvgIpc) is 2.94. The predicted molar refractivity (Wildman–Crippen MR) is 72.5 cm³/mol. The van der Waals surface area contributed by atoms with Crippen molar-refractivity contribution < 1.29 is 0 Å². The number of anilines is 2. The van der Waals surface area contributed by atoms with Gasteiger partial charge in [0, 0.05) is 19.6 Å². The normalized spacial score (nSPS) is 10.5. The van der Waals surface area contributed by atoms with Crippen LogP contribution in [0.15, 0.2) is 12.7 Å². The standard InChI is InChI=1S/C11H18N8/c1-4-13-9-15-10(18(5-2)6-3)17-11(16-9)19-8-12-7-14-19/h7-8H,4-6H2,1-3H3,(H,13,15,16,17). The molecule has 0 saturated heterocycles. The lowest BCUT2D eigenvalue weighted by molar-refractivity contribution is 0.761. The van der Waals surface area contributed by atoms with Crippen LogP contribution in [0.1, 0.15) is 20.8 Å². The third kappa shape index (κ3) is 2.95. The van der Waals surface area contributed by atoms with Crippen LogP contribution in [-0.4, -0.2) is 49.4 Å². The molecule has 0 aliphatic carbocycles. The van der Waals surface area contributed by atoms with Crippen LogP contribution >= 0.6 is 0 Å². The molecule has 1 N–H and O–H groups in total. The largest absolute Gasteiger partial charge is 0.354 e. The second kappa shape index (κ2) is 6.07. The lowest BCUT2D eigenvalue weighted by Gasteiger charge is -2.19. The van der Waals surface area contributed by atoms with Gasteiger partial charge in [-0.1, -0.05) is 0 Å². The monoisotopic (exact) mass is 262 g/mol. The van der Waals surface area contributed by atoms with Gasteiger partial charge in [0.1, 0.15) is 12.7 Å². The highest BCUT2D eigenvalue weighted by molar-refractivity contribution is 5.39. The van der Waals surface area contributed by atoms with Crippen molar-refractivity contribution in [1.82, 2.24) is 29.7 Å². The highest BCUT2D eigenvalue weighted by Gasteiger charge is 2.12. The third-order valence-electron chi connectivity index (χ3n) is 2.62. The van der Waals surface area contributed by atoms with E-state index in [4.69, 9.17) is 0 Å². The Kier molecular flexibility index (Phi) is 4.22. The number of nitrogens with zero attached hydrogens (tertiary/aromatic N) is 7. The van der Waals surface area contributed by atoms with Gasteiger partial charge in [0.25, 0.3) is 5.95 Å². The number of nitrogens with one attached hydrogen (secondary N) is 1. The first-order valence-electron chi connectivity index (χ1n) is 6.38. The minimum Gasteiger partial charge on any atom is -0.354 e. The minimum atomic E-state index is 0.463. The summed E-state index contributed by atoms with van der Waals surface area (Å²) in [4.78, 5) is 19.1. The minimum absolute atomic E-state index is 0.463. The Morgan fingerprint density at radius 2 is 1.95 bits per heavy atom. The molecular formula is C11H18N8. The highest BCUT2D eigenvalue weighted by atomic mass is 15.4. The molecule has 8 nitrogen and oxygen atoms in total. The van der Waals surface area contributed by atoms with E-state index in [0.29, 0.717) is 17.8 Å². The Hall–Kier alpha value is -2.25. The molecule has 0 atom stereocenters. The van der Waals surface area contributed by atoms with E-state index in [2.05, 4.69) is 49.1 Å². The van der Waals surface area contributed by atoms with Crippen molar-refractivity contribution in [2.24, 2.45) is 0 Å². The van der Waals surface area contributed by atoms with E-state index >= 15 is 0 Å². The van der Waals surface area contributed by atoms with E-state index in [-0.39, 0.29) is 0 Å². The molecule has 2 aromatic rings. The first-order valence-corrected chi connectivity index (χ1v) is 6.38. The van der Waals surface area contributed by atoms with Gasteiger partial charge in [0.05, 0.1) is 0 Å². The van der Waals surface area contributed by atoms with Gasteiger partial charge in [-0.3, -0.25) is 0 Å². The Balaban J connectivity index is 2.43. The van der Waals surface area contributed by atoms with Crippen LogP contribution in [0.4, 0.5) is 11.9 Å². The van der Waals surface area contributed by atoms with Crippen LogP contribution in [0.2, 0.25) is 0 Å². The molecule has 0 aliphatic heterocycles. The smallest absolute Gasteiger partial charge is 0.258 e. The fraction of sp³-hybridized carbons (Fsp3) is 0.545. The van der Waals surface area contributed by atoms with Crippen LogP contribution < -0.4 is 10.2 Å². The summed E-state index contributed by atoms with van der Waals surface area (Å²) in [5, 5.41) is 7.15. The summed E-state index contributed by atoms with van der Waals surface area (Å²) < 4.78 is 1.52. The van der Waals surface area contributed by atoms with Gasteiger partial charge in [-0.25, -0.2) is 4.98 Å². The zero-order chi connectivity index (χ0) is 13.7. The summed E-state index contributed by atoms with van der Waals surface area (Å²) >= 11 is 0. The summed E-state index contributed by atoms with van der Waals surface area (Å²) in [6.45, 7) is 8.55. The molecule has 0 aromatic carbocycles. The number of rotatable bonds is 6. The molecule has 0 unspecified atom stereocenters. The Labute approximate surface area is 111 Å². The van der Waals surface area contributed by atoms with E-state index < -0.39 is 0 Å². The fourth-order valence-corrected chi connectivity index (χ4v) is 1.65. The van der Waals surface area contributed by atoms with Crippen molar-refractivity contribution in [2.75, 3.05) is 29.9 Å². The van der Waals surface area contributed by atoms with Crippen LogP contribution in [0.3, 0.4) is 0 Å². The second-order valence-corrected chi connectivity index (χ2v) is 3.80. The molecule has 0 aliphatic rings. The van der Waals surface area contributed by atoms with Crippen LogP contribution in [0, 0.1) is 0 Å². The molecule has 2 rings (SSSR count). The molecular weight excluding hydrogens is 244 g/mol. The second-order valence-electron chi connectivity index (χ2n) is 3.80. The average molecular weight is 262 g/mol. The molecule has 0 saturated carbocycles. The molecule has 102 valence electrons. The fourth-order valence-electron chi connectivity index (χ4n) is 1.65. The van der Waals surface area contributed by atoms with Crippen LogP contribution in [-0.2, 0) is 0 Å². The molecule has 0 amide bonds. The van der Waals surface area contributed by atoms with Crippen molar-refractivity contribution in [3.05, 3.63) is 12.7 Å². The Morgan fingerprint density at radius 3 is 2.53 bits per heavy atom. The van der Waals surface area contributed by atoms with Gasteiger partial charge < -0.3 is 10.2 Å². The number of aromatic nitrogens is 6. The Bertz CT molecular complexity index is 505. The summed E-state index contributed by atoms with van der Waals surface area (Å²) in [5.74, 6) is 1.65. The maximum absolute atomic E-state index is 4.42. The molecule has 0 bridgehead atoms. The molecule has 2 heterocycles. The number of hydrogen-bond donors (Lipinski definition) is 1. The Morgan fingerprint density at radius 1 is 1.16 bits per heavy atom. The third-order valence-corrected chi connectivity index (χ3v) is 2.62. The van der Waals surface area contributed by atoms with Crippen LogP contribution in [0.5, 0.6) is 0 Å². The van der Waals surface area contributed by atoms with Crippen molar-refractivity contribution in [3.8, 4) is 5.95 Å². The maximum Gasteiger partial charge on any atom is 0.258 e. The lowest BCUT2D eigenvalue weighted by atomic mass is 10.5. The van der Waals surface area contributed by atoms with Gasteiger partial charge in [-0.05, 0) is 20.8 Å². The predicted octanol–water partition coefficient (Wildman–Crippen LogP) is 0.730. The van der Waals surface area contributed by atoms with E-state index in [9.17, 15) is 0 Å². The van der Waals surface area contributed by atoms with Gasteiger partial charge >= 0.3 is 0 Å². The summed E-state index contributed by atoms with van der Waals surface area (Å²) in [6.07, 6.45) is 3.02. The quantitative estimate of drug-likeness (QED) is 0.821. The van der Waals surface area contributed by atoms with Gasteiger partial charge in [0.2, 0.25) is 11.9 Å². The summed E-state index contributed by atoms with van der Waals surface area (Å²) in [6, 6.07) is 0. The molecule has 0 fully saturated rings. The van der Waals surface area contributed by atoms with Crippen molar-refractivity contribution in [3.63, 3.8) is 0 Å². The zero-order valence-corrected chi connectivity index (χ0v) is 11.4. The molecule has 0 spiro atoms. The first-order chi connectivity index (χ1) is 9.28. The van der Waals surface area contributed by atoms with Crippen LogP contribution in [0.25, 0.3) is 5.95 Å². The summed E-state index contributed by atoms with van der Waals surface area (Å²) in [7, 11) is 0. The summed E-state index contributed by atoms with van der Waals surface area (Å²) in [5.41, 5.74) is 0. The number of hydrogen-bond acceptors (Lipinski definition) is 7. The molecule has 2 aromatic heterocycles. The van der Waals surface area contributed by atoms with E-state index in [1.807, 2.05) is 6.92 Å².